The Kier molecular flexibility index (Phi) is 60.1. The second kappa shape index (κ2) is 53.7. The summed E-state index contributed by atoms with van der Waals surface area (Å²) in [5.74, 6) is -1.98. The molecule has 8 unspecified atom stereocenters. The summed E-state index contributed by atoms with van der Waals surface area (Å²) in [4.78, 5) is 44.1. The maximum Gasteiger partial charge on any atom is 4.00 e. The first kappa shape index (κ1) is 72.7. The molecule has 0 aliphatic rings. The second-order valence-corrected chi connectivity index (χ2v) is 19.2. The van der Waals surface area contributed by atoms with E-state index in [0.29, 0.717) is 23.7 Å². The molecule has 0 aliphatic carbocycles. The van der Waals surface area contributed by atoms with Crippen LogP contribution in [0.4, 0.5) is 0 Å². The number of unbranched alkanes of at least 4 members (excludes halogenated alkanes) is 8. The molecule has 0 saturated heterocycles. The molecule has 0 aromatic carbocycles. The number of carboxylic acids is 4. The zero-order valence-electron chi connectivity index (χ0n) is 45.0. The van der Waals surface area contributed by atoms with Gasteiger partial charge in [0.25, 0.3) is 0 Å². The van der Waals surface area contributed by atoms with Crippen LogP contribution < -0.4 is 20.4 Å². The largest absolute Gasteiger partial charge is 4.00 e. The van der Waals surface area contributed by atoms with E-state index in [1.807, 2.05) is 0 Å². The van der Waals surface area contributed by atoms with Crippen LogP contribution in [0.1, 0.15) is 289 Å². The van der Waals surface area contributed by atoms with Gasteiger partial charge in [0.15, 0.2) is 0 Å². The van der Waals surface area contributed by atoms with Crippen molar-refractivity contribution in [3.05, 3.63) is 0 Å². The molecule has 0 N–H and O–H groups in total. The number of rotatable bonds is 40. The van der Waals surface area contributed by atoms with Crippen molar-refractivity contribution in [3.8, 4) is 0 Å². The van der Waals surface area contributed by atoms with Crippen molar-refractivity contribution in [2.24, 2.45) is 47.3 Å². The van der Waals surface area contributed by atoms with E-state index in [1.54, 1.807) is 0 Å². The molecule has 0 fully saturated rings. The molecule has 0 aromatic heterocycles. The molecule has 65 heavy (non-hydrogen) atoms. The summed E-state index contributed by atoms with van der Waals surface area (Å²) in [6, 6.07) is 0. The fourth-order valence-electron chi connectivity index (χ4n) is 8.67. The summed E-state index contributed by atoms with van der Waals surface area (Å²) >= 11 is 0. The van der Waals surface area contributed by atoms with E-state index in [9.17, 15) is 39.6 Å². The standard InChI is InChI=1S/4C14H28O2.Zr/c4*1-4-7-9-12(6-3)11-13(14(15)16)10-8-5-2;/h4*12-13H,4-11H2,1-3H3,(H,15,16);/q;;;;+4/p-4. The zero-order chi connectivity index (χ0) is 49.6. The van der Waals surface area contributed by atoms with Gasteiger partial charge in [-0.25, -0.2) is 0 Å². The SMILES string of the molecule is CCCCC(CC)CC(CCCC)C(=O)[O-].CCCCC(CC)CC(CCCC)C(=O)[O-].CCCCC(CC)CC(CCCC)C(=O)[O-].CCCCC(CC)CC(CCCC)C(=O)[O-].[Zr+4]. The van der Waals surface area contributed by atoms with Crippen molar-refractivity contribution in [2.75, 3.05) is 0 Å². The first-order valence-corrected chi connectivity index (χ1v) is 27.4. The van der Waals surface area contributed by atoms with E-state index in [-0.39, 0.29) is 49.9 Å². The molecule has 0 saturated carbocycles. The number of hydrogen-bond donors (Lipinski definition) is 0. The van der Waals surface area contributed by atoms with E-state index < -0.39 is 23.9 Å². The molecule has 0 amide bonds. The van der Waals surface area contributed by atoms with Crippen molar-refractivity contribution in [3.63, 3.8) is 0 Å². The molecule has 0 spiro atoms. The maximum atomic E-state index is 11.0. The van der Waals surface area contributed by atoms with Crippen LogP contribution in [0.15, 0.2) is 0 Å². The Hall–Kier alpha value is -1.24. The van der Waals surface area contributed by atoms with E-state index in [2.05, 4.69) is 83.1 Å². The molecule has 0 aliphatic heterocycles. The molecule has 9 heteroatoms. The van der Waals surface area contributed by atoms with Gasteiger partial charge in [0.2, 0.25) is 0 Å². The third kappa shape index (κ3) is 46.3. The Morgan fingerprint density at radius 3 is 0.523 bits per heavy atom. The number of carbonyl (C=O) groups excluding carboxylic acids is 4. The van der Waals surface area contributed by atoms with Gasteiger partial charge in [-0.3, -0.25) is 0 Å². The molecular formula is C56H108O8Zr. The monoisotopic (exact) mass is 999 g/mol. The molecule has 384 valence electrons. The Morgan fingerprint density at radius 2 is 0.415 bits per heavy atom. The minimum absolute atomic E-state index is 0. The van der Waals surface area contributed by atoms with Crippen molar-refractivity contribution in [2.45, 2.75) is 289 Å². The number of carbonyl (C=O) groups is 4. The van der Waals surface area contributed by atoms with Crippen LogP contribution in [0.2, 0.25) is 0 Å². The van der Waals surface area contributed by atoms with Crippen LogP contribution in [-0.4, -0.2) is 23.9 Å². The third-order valence-corrected chi connectivity index (χ3v) is 13.6. The van der Waals surface area contributed by atoms with E-state index >= 15 is 0 Å². The minimum atomic E-state index is -0.844. The topological polar surface area (TPSA) is 161 Å². The fourth-order valence-corrected chi connectivity index (χ4v) is 8.67. The predicted molar refractivity (Wildman–Crippen MR) is 264 cm³/mol. The smallest absolute Gasteiger partial charge is 0.550 e. The summed E-state index contributed by atoms with van der Waals surface area (Å²) in [6.45, 7) is 25.8. The third-order valence-electron chi connectivity index (χ3n) is 13.6. The van der Waals surface area contributed by atoms with Crippen LogP contribution in [0.5, 0.6) is 0 Å². The number of aliphatic carboxylic acids is 4. The fraction of sp³-hybridized carbons (Fsp3) is 0.929. The van der Waals surface area contributed by atoms with Crippen molar-refractivity contribution in [1.82, 2.24) is 0 Å². The molecule has 0 aromatic rings. The average Bonchev–Trinajstić information content (AvgIpc) is 3.28. The van der Waals surface area contributed by atoms with Crippen molar-refractivity contribution in [1.29, 1.82) is 0 Å². The Morgan fingerprint density at radius 1 is 0.277 bits per heavy atom. The quantitative estimate of drug-likeness (QED) is 0.0586. The molecule has 0 rings (SSSR count). The van der Waals surface area contributed by atoms with Gasteiger partial charge in [-0.1, -0.05) is 237 Å². The molecule has 8 nitrogen and oxygen atoms in total. The van der Waals surface area contributed by atoms with Gasteiger partial charge in [-0.05, 0) is 98.7 Å². The first-order valence-electron chi connectivity index (χ1n) is 27.4. The van der Waals surface area contributed by atoms with Gasteiger partial charge in [-0.2, -0.15) is 0 Å². The Balaban J connectivity index is -0.000000245. The van der Waals surface area contributed by atoms with Crippen LogP contribution in [0.25, 0.3) is 0 Å². The summed E-state index contributed by atoms with van der Waals surface area (Å²) in [5.41, 5.74) is 0. The molecule has 0 radical (unpaired) electrons. The van der Waals surface area contributed by atoms with Gasteiger partial charge in [0, 0.05) is 23.9 Å². The second-order valence-electron chi connectivity index (χ2n) is 19.2. The van der Waals surface area contributed by atoms with E-state index in [0.717, 1.165) is 128 Å². The summed E-state index contributed by atoms with van der Waals surface area (Å²) < 4.78 is 0. The summed E-state index contributed by atoms with van der Waals surface area (Å²) in [5, 5.41) is 44.1. The number of hydrogen-bond acceptors (Lipinski definition) is 8. The molecule has 0 heterocycles. The molecule has 0 bridgehead atoms. The van der Waals surface area contributed by atoms with Gasteiger partial charge < -0.3 is 39.6 Å². The van der Waals surface area contributed by atoms with Crippen molar-refractivity contribution >= 4 is 23.9 Å². The number of carboxylic acid groups (broad SMARTS) is 4. The van der Waals surface area contributed by atoms with E-state index in [1.165, 1.54) is 77.0 Å². The molecule has 8 atom stereocenters. The average molecular weight is 1000 g/mol. The van der Waals surface area contributed by atoms with Gasteiger partial charge in [0.05, 0.1) is 0 Å². The van der Waals surface area contributed by atoms with Crippen LogP contribution >= 0.6 is 0 Å². The summed E-state index contributed by atoms with van der Waals surface area (Å²) in [6.07, 6.45) is 33.4. The van der Waals surface area contributed by atoms with Crippen molar-refractivity contribution < 1.29 is 65.8 Å². The first-order chi connectivity index (χ1) is 30.6. The Labute approximate surface area is 423 Å². The van der Waals surface area contributed by atoms with Crippen LogP contribution in [0, 0.1) is 47.3 Å². The van der Waals surface area contributed by atoms with Crippen LogP contribution in [0.3, 0.4) is 0 Å². The van der Waals surface area contributed by atoms with Gasteiger partial charge in [-0.15, -0.1) is 0 Å². The van der Waals surface area contributed by atoms with E-state index in [4.69, 9.17) is 0 Å². The van der Waals surface area contributed by atoms with Crippen LogP contribution in [-0.2, 0) is 45.4 Å². The Bertz CT molecular complexity index is 878. The zero-order valence-corrected chi connectivity index (χ0v) is 47.5. The van der Waals surface area contributed by atoms with Gasteiger partial charge >= 0.3 is 26.2 Å². The molecular weight excluding hydrogens is 892 g/mol. The summed E-state index contributed by atoms with van der Waals surface area (Å²) in [7, 11) is 0. The van der Waals surface area contributed by atoms with Gasteiger partial charge in [0.1, 0.15) is 0 Å². The minimum Gasteiger partial charge on any atom is -0.550 e. The predicted octanol–water partition coefficient (Wildman–Crippen LogP) is 12.6. The maximum absolute atomic E-state index is 11.0. The normalized spacial score (nSPS) is 14.5.